The first kappa shape index (κ1) is 13.1. The van der Waals surface area contributed by atoms with Crippen LogP contribution in [0.4, 0.5) is 21.5 Å². The first-order valence-electron chi connectivity index (χ1n) is 5.63. The molecule has 7 heteroatoms. The van der Waals surface area contributed by atoms with Crippen molar-refractivity contribution in [2.24, 2.45) is 8.73 Å². The molecule has 0 unspecified atom stereocenters. The van der Waals surface area contributed by atoms with E-state index in [2.05, 4.69) is 30.0 Å². The average Bonchev–Trinajstić information content (AvgIpc) is 2.91. The number of fused-ring (bicyclic) bond motifs is 1. The van der Waals surface area contributed by atoms with Gasteiger partial charge in [-0.3, -0.25) is 4.79 Å². The van der Waals surface area contributed by atoms with Gasteiger partial charge in [0.15, 0.2) is 0 Å². The van der Waals surface area contributed by atoms with Gasteiger partial charge in [-0.15, -0.1) is 0 Å². The lowest BCUT2D eigenvalue weighted by atomic mass is 10.2. The molecule has 0 spiro atoms. The number of nitrogens with zero attached hydrogens (tertiary/aromatic N) is 2. The summed E-state index contributed by atoms with van der Waals surface area (Å²) >= 11 is 4.14. The van der Waals surface area contributed by atoms with Gasteiger partial charge in [-0.25, -0.2) is 4.39 Å². The summed E-state index contributed by atoms with van der Waals surface area (Å²) in [5.41, 5.74) is 2.32. The molecule has 0 bridgehead atoms. The quantitative estimate of drug-likeness (QED) is 0.722. The largest absolute Gasteiger partial charge is 0.320 e. The number of carbonyl (C=O) groups is 1. The van der Waals surface area contributed by atoms with E-state index < -0.39 is 5.82 Å². The minimum Gasteiger partial charge on any atom is -0.320 e. The summed E-state index contributed by atoms with van der Waals surface area (Å²) < 4.78 is 21.7. The Hall–Kier alpha value is -1.86. The van der Waals surface area contributed by atoms with Gasteiger partial charge < -0.3 is 5.32 Å². The van der Waals surface area contributed by atoms with Crippen molar-refractivity contribution in [2.45, 2.75) is 0 Å². The van der Waals surface area contributed by atoms with Gasteiger partial charge >= 0.3 is 0 Å². The number of anilines is 1. The van der Waals surface area contributed by atoms with Gasteiger partial charge in [-0.1, -0.05) is 6.07 Å². The zero-order valence-electron chi connectivity index (χ0n) is 9.93. The molecule has 2 aromatic rings. The molecule has 0 aliphatic carbocycles. The second-order valence-corrected chi connectivity index (χ2v) is 5.40. The van der Waals surface area contributed by atoms with Crippen molar-refractivity contribution >= 4 is 50.3 Å². The lowest BCUT2D eigenvalue weighted by molar-refractivity contribution is 0.102. The highest BCUT2D eigenvalue weighted by atomic mass is 79.9. The van der Waals surface area contributed by atoms with E-state index in [-0.39, 0.29) is 10.4 Å². The third-order valence-electron chi connectivity index (χ3n) is 2.72. The van der Waals surface area contributed by atoms with E-state index in [0.29, 0.717) is 16.9 Å². The number of nitrogens with one attached hydrogen (secondary N) is 1. The van der Waals surface area contributed by atoms with Gasteiger partial charge in [-0.2, -0.15) is 8.73 Å². The SMILES string of the molecule is O=C(Nc1cccc2c1N=S=N2)c1ccc(F)c(Br)c1. The number of hydrogen-bond donors (Lipinski definition) is 1. The fourth-order valence-corrected chi connectivity index (χ4v) is 2.67. The number of hydrogen-bond acceptors (Lipinski definition) is 3. The summed E-state index contributed by atoms with van der Waals surface area (Å²) in [6.07, 6.45) is 0. The van der Waals surface area contributed by atoms with E-state index in [1.807, 2.05) is 6.07 Å². The smallest absolute Gasteiger partial charge is 0.255 e. The molecule has 4 nitrogen and oxygen atoms in total. The molecular weight excluding hydrogens is 345 g/mol. The summed E-state index contributed by atoms with van der Waals surface area (Å²) in [5, 5.41) is 2.76. The lowest BCUT2D eigenvalue weighted by Crippen LogP contribution is -2.12. The van der Waals surface area contributed by atoms with Crippen LogP contribution in [0, 0.1) is 5.82 Å². The molecule has 3 rings (SSSR count). The van der Waals surface area contributed by atoms with Gasteiger partial charge in [0.2, 0.25) is 0 Å². The van der Waals surface area contributed by atoms with Crippen LogP contribution in [0.3, 0.4) is 0 Å². The Bertz CT molecular complexity index is 787. The van der Waals surface area contributed by atoms with E-state index in [1.54, 1.807) is 12.1 Å². The molecule has 2 aromatic carbocycles. The highest BCUT2D eigenvalue weighted by molar-refractivity contribution is 9.10. The summed E-state index contributed by atoms with van der Waals surface area (Å²) in [5.74, 6) is -0.737. The van der Waals surface area contributed by atoms with Crippen LogP contribution >= 0.6 is 15.9 Å². The first-order valence-corrected chi connectivity index (χ1v) is 7.15. The Morgan fingerprint density at radius 2 is 2.10 bits per heavy atom. The zero-order valence-corrected chi connectivity index (χ0v) is 12.3. The lowest BCUT2D eigenvalue weighted by Gasteiger charge is -2.08. The van der Waals surface area contributed by atoms with E-state index in [4.69, 9.17) is 0 Å². The third-order valence-corrected chi connectivity index (χ3v) is 3.87. The van der Waals surface area contributed by atoms with E-state index in [1.165, 1.54) is 18.2 Å². The van der Waals surface area contributed by atoms with Gasteiger partial charge in [0.25, 0.3) is 5.91 Å². The number of halogens is 2. The van der Waals surface area contributed by atoms with E-state index in [9.17, 15) is 9.18 Å². The van der Waals surface area contributed by atoms with Crippen LogP contribution in [0.5, 0.6) is 0 Å². The Kier molecular flexibility index (Phi) is 3.45. The third kappa shape index (κ3) is 2.41. The Balaban J connectivity index is 1.88. The molecule has 0 saturated heterocycles. The summed E-state index contributed by atoms with van der Waals surface area (Å²) in [6.45, 7) is 0. The van der Waals surface area contributed by atoms with Gasteiger partial charge in [0.05, 0.1) is 21.5 Å². The van der Waals surface area contributed by atoms with Crippen LogP contribution in [0.1, 0.15) is 10.4 Å². The molecule has 0 saturated carbocycles. The standard InChI is InChI=1S/C13H7BrFN3OS/c14-8-6-7(4-5-9(8)15)13(19)16-10-2-1-3-11-12(10)18-20-17-11/h1-6H,(H,16,19). The molecule has 0 fully saturated rings. The number of benzene rings is 2. The summed E-state index contributed by atoms with van der Waals surface area (Å²) in [7, 11) is 0. The second kappa shape index (κ2) is 5.26. The van der Waals surface area contributed by atoms with E-state index in [0.717, 1.165) is 17.0 Å². The van der Waals surface area contributed by atoms with Crippen LogP contribution in [-0.2, 0) is 11.4 Å². The number of amides is 1. The predicted molar refractivity (Wildman–Crippen MR) is 80.0 cm³/mol. The Labute approximate surface area is 126 Å². The summed E-state index contributed by atoms with van der Waals surface area (Å²) in [6, 6.07) is 9.46. The van der Waals surface area contributed by atoms with Crippen molar-refractivity contribution in [1.29, 1.82) is 0 Å². The van der Waals surface area contributed by atoms with Crippen molar-refractivity contribution in [2.75, 3.05) is 5.32 Å². The fourth-order valence-electron chi connectivity index (χ4n) is 1.74. The fraction of sp³-hybridized carbons (Fsp3) is 0. The Morgan fingerprint density at radius 1 is 1.25 bits per heavy atom. The average molecular weight is 352 g/mol. The highest BCUT2D eigenvalue weighted by Crippen LogP contribution is 2.38. The normalized spacial score (nSPS) is 11.9. The maximum atomic E-state index is 13.2. The topological polar surface area (TPSA) is 53.8 Å². The molecule has 0 aromatic heterocycles. The van der Waals surface area contributed by atoms with Gasteiger partial charge in [0, 0.05) is 5.56 Å². The molecule has 1 amide bonds. The van der Waals surface area contributed by atoms with Gasteiger partial charge in [0.1, 0.15) is 17.2 Å². The number of carbonyl (C=O) groups excluding carboxylic acids is 1. The van der Waals surface area contributed by atoms with E-state index >= 15 is 0 Å². The monoisotopic (exact) mass is 351 g/mol. The van der Waals surface area contributed by atoms with Crippen LogP contribution in [0.25, 0.3) is 0 Å². The van der Waals surface area contributed by atoms with Crippen molar-refractivity contribution < 1.29 is 9.18 Å². The van der Waals surface area contributed by atoms with Crippen LogP contribution in [0.15, 0.2) is 49.6 Å². The number of rotatable bonds is 2. The minimum absolute atomic E-state index is 0.249. The van der Waals surface area contributed by atoms with Crippen molar-refractivity contribution in [3.05, 3.63) is 52.3 Å². The van der Waals surface area contributed by atoms with Crippen molar-refractivity contribution in [1.82, 2.24) is 0 Å². The maximum Gasteiger partial charge on any atom is 0.255 e. The molecule has 0 radical (unpaired) electrons. The molecule has 1 heterocycles. The molecule has 1 aliphatic heterocycles. The van der Waals surface area contributed by atoms with Crippen molar-refractivity contribution in [3.8, 4) is 0 Å². The van der Waals surface area contributed by atoms with Crippen LogP contribution in [-0.4, -0.2) is 5.91 Å². The maximum absolute atomic E-state index is 13.2. The zero-order chi connectivity index (χ0) is 14.1. The van der Waals surface area contributed by atoms with Crippen LogP contribution < -0.4 is 5.32 Å². The van der Waals surface area contributed by atoms with Crippen LogP contribution in [0.2, 0.25) is 0 Å². The molecule has 0 atom stereocenters. The predicted octanol–water partition coefficient (Wildman–Crippen LogP) is 4.57. The minimum atomic E-state index is -0.410. The highest BCUT2D eigenvalue weighted by Gasteiger charge is 2.14. The van der Waals surface area contributed by atoms with Gasteiger partial charge in [-0.05, 0) is 46.3 Å². The first-order chi connectivity index (χ1) is 9.65. The van der Waals surface area contributed by atoms with Crippen molar-refractivity contribution in [3.63, 3.8) is 0 Å². The molecule has 1 N–H and O–H groups in total. The molecule has 100 valence electrons. The molecule has 20 heavy (non-hydrogen) atoms. The Morgan fingerprint density at radius 3 is 2.90 bits per heavy atom. The second-order valence-electron chi connectivity index (χ2n) is 4.02. The molecule has 1 aliphatic rings. The summed E-state index contributed by atoms with van der Waals surface area (Å²) in [4.78, 5) is 12.1. The molecular formula is C13H7BrFN3OS.